The number of aliphatic carboxylic acids is 1. The van der Waals surface area contributed by atoms with Gasteiger partial charge in [-0.15, -0.1) is 0 Å². The van der Waals surface area contributed by atoms with Crippen molar-refractivity contribution in [2.24, 2.45) is 5.92 Å². The molecule has 0 saturated carbocycles. The van der Waals surface area contributed by atoms with Crippen molar-refractivity contribution in [1.82, 2.24) is 5.32 Å². The van der Waals surface area contributed by atoms with Crippen molar-refractivity contribution >= 4 is 11.9 Å². The number of carboxylic acid groups (broad SMARTS) is 1. The Hall–Kier alpha value is -2.04. The van der Waals surface area contributed by atoms with Crippen LogP contribution in [0.1, 0.15) is 30.6 Å². The molecule has 5 heteroatoms. The molecule has 1 unspecified atom stereocenters. The van der Waals surface area contributed by atoms with Crippen molar-refractivity contribution in [2.75, 3.05) is 0 Å². The average molecular weight is 251 g/mol. The molecule has 3 N–H and O–H groups in total. The van der Waals surface area contributed by atoms with E-state index in [9.17, 15) is 14.7 Å². The van der Waals surface area contributed by atoms with Gasteiger partial charge in [0.05, 0.1) is 5.56 Å². The zero-order valence-electron chi connectivity index (χ0n) is 10.4. The van der Waals surface area contributed by atoms with Gasteiger partial charge in [0, 0.05) is 0 Å². The Morgan fingerprint density at radius 3 is 2.44 bits per heavy atom. The largest absolute Gasteiger partial charge is 0.507 e. The number of carboxylic acids is 1. The summed E-state index contributed by atoms with van der Waals surface area (Å²) < 4.78 is 0. The van der Waals surface area contributed by atoms with E-state index in [0.29, 0.717) is 6.42 Å². The van der Waals surface area contributed by atoms with Crippen LogP contribution < -0.4 is 5.32 Å². The summed E-state index contributed by atoms with van der Waals surface area (Å²) in [4.78, 5) is 22.9. The Balaban J connectivity index is 2.86. The molecule has 0 aliphatic heterocycles. The van der Waals surface area contributed by atoms with Gasteiger partial charge in [0.25, 0.3) is 5.91 Å². The monoisotopic (exact) mass is 251 g/mol. The standard InChI is InChI=1S/C13H17NO4/c1-3-8(2)11(13(17)18)14-12(16)9-6-4-5-7-10(9)15/h4-8,11,15H,3H2,1-2H3,(H,14,16)(H,17,18)/t8?,11-/m0/s1. The third-order valence-electron chi connectivity index (χ3n) is 2.91. The highest BCUT2D eigenvalue weighted by Crippen LogP contribution is 2.16. The molecule has 0 aliphatic carbocycles. The van der Waals surface area contributed by atoms with Crippen molar-refractivity contribution in [3.63, 3.8) is 0 Å². The highest BCUT2D eigenvalue weighted by Gasteiger charge is 2.26. The van der Waals surface area contributed by atoms with Crippen molar-refractivity contribution in [3.8, 4) is 5.75 Å². The molecular weight excluding hydrogens is 234 g/mol. The van der Waals surface area contributed by atoms with E-state index in [1.807, 2.05) is 6.92 Å². The first-order chi connectivity index (χ1) is 8.47. The van der Waals surface area contributed by atoms with Gasteiger partial charge in [0.15, 0.2) is 0 Å². The molecule has 0 aromatic heterocycles. The number of phenols is 1. The van der Waals surface area contributed by atoms with E-state index in [4.69, 9.17) is 5.11 Å². The van der Waals surface area contributed by atoms with Crippen LogP contribution in [0.3, 0.4) is 0 Å². The lowest BCUT2D eigenvalue weighted by Crippen LogP contribution is -2.45. The minimum atomic E-state index is -1.08. The number of benzene rings is 1. The fraction of sp³-hybridized carbons (Fsp3) is 0.385. The van der Waals surface area contributed by atoms with Crippen LogP contribution in [0.5, 0.6) is 5.75 Å². The van der Waals surface area contributed by atoms with E-state index < -0.39 is 17.9 Å². The molecule has 5 nitrogen and oxygen atoms in total. The maximum absolute atomic E-state index is 11.9. The Morgan fingerprint density at radius 2 is 1.94 bits per heavy atom. The zero-order valence-corrected chi connectivity index (χ0v) is 10.4. The van der Waals surface area contributed by atoms with Crippen molar-refractivity contribution in [3.05, 3.63) is 29.8 Å². The number of para-hydroxylation sites is 1. The fourth-order valence-corrected chi connectivity index (χ4v) is 1.57. The predicted octanol–water partition coefficient (Wildman–Crippen LogP) is 1.62. The number of carbonyl (C=O) groups excluding carboxylic acids is 1. The lowest BCUT2D eigenvalue weighted by molar-refractivity contribution is -0.140. The van der Waals surface area contributed by atoms with E-state index in [-0.39, 0.29) is 17.2 Å². The molecule has 2 atom stereocenters. The molecule has 0 bridgehead atoms. The topological polar surface area (TPSA) is 86.6 Å². The zero-order chi connectivity index (χ0) is 13.7. The molecule has 1 rings (SSSR count). The van der Waals surface area contributed by atoms with Crippen LogP contribution in [0.2, 0.25) is 0 Å². The van der Waals surface area contributed by atoms with Crippen molar-refractivity contribution in [1.29, 1.82) is 0 Å². The minimum absolute atomic E-state index is 0.0760. The average Bonchev–Trinajstić information content (AvgIpc) is 2.35. The Kier molecular flexibility index (Phi) is 4.71. The van der Waals surface area contributed by atoms with Crippen LogP contribution in [-0.4, -0.2) is 28.1 Å². The lowest BCUT2D eigenvalue weighted by Gasteiger charge is -2.20. The predicted molar refractivity (Wildman–Crippen MR) is 66.5 cm³/mol. The summed E-state index contributed by atoms with van der Waals surface area (Å²) in [7, 11) is 0. The van der Waals surface area contributed by atoms with E-state index >= 15 is 0 Å². The highest BCUT2D eigenvalue weighted by molar-refractivity contribution is 5.98. The summed E-state index contributed by atoms with van der Waals surface area (Å²) in [5, 5.41) is 21.0. The molecule has 0 radical (unpaired) electrons. The van der Waals surface area contributed by atoms with Crippen LogP contribution >= 0.6 is 0 Å². The minimum Gasteiger partial charge on any atom is -0.507 e. The normalized spacial score (nSPS) is 13.7. The van der Waals surface area contributed by atoms with E-state index in [1.165, 1.54) is 12.1 Å². The van der Waals surface area contributed by atoms with Gasteiger partial charge in [-0.1, -0.05) is 32.4 Å². The van der Waals surface area contributed by atoms with E-state index in [0.717, 1.165) is 0 Å². The molecule has 18 heavy (non-hydrogen) atoms. The lowest BCUT2D eigenvalue weighted by atomic mass is 9.99. The van der Waals surface area contributed by atoms with Gasteiger partial charge in [0.2, 0.25) is 0 Å². The first kappa shape index (κ1) is 14.0. The number of rotatable bonds is 5. The van der Waals surface area contributed by atoms with E-state index in [2.05, 4.69) is 5.32 Å². The summed E-state index contributed by atoms with van der Waals surface area (Å²) in [6.07, 6.45) is 0.637. The van der Waals surface area contributed by atoms with Crippen LogP contribution in [0.25, 0.3) is 0 Å². The second-order valence-corrected chi connectivity index (χ2v) is 4.19. The summed E-state index contributed by atoms with van der Waals surface area (Å²) in [5.41, 5.74) is 0.0760. The number of aromatic hydroxyl groups is 1. The third-order valence-corrected chi connectivity index (χ3v) is 2.91. The maximum Gasteiger partial charge on any atom is 0.326 e. The van der Waals surface area contributed by atoms with Gasteiger partial charge >= 0.3 is 5.97 Å². The number of amides is 1. The molecular formula is C13H17NO4. The Morgan fingerprint density at radius 1 is 1.33 bits per heavy atom. The summed E-state index contributed by atoms with van der Waals surface area (Å²) in [6.45, 7) is 3.61. The van der Waals surface area contributed by atoms with Crippen LogP contribution in [0, 0.1) is 5.92 Å². The molecule has 98 valence electrons. The van der Waals surface area contributed by atoms with Gasteiger partial charge in [0.1, 0.15) is 11.8 Å². The van der Waals surface area contributed by atoms with Gasteiger partial charge in [-0.3, -0.25) is 4.79 Å². The quantitative estimate of drug-likeness (QED) is 0.742. The molecule has 0 heterocycles. The van der Waals surface area contributed by atoms with E-state index in [1.54, 1.807) is 19.1 Å². The number of carbonyl (C=O) groups is 2. The number of nitrogens with one attached hydrogen (secondary N) is 1. The van der Waals surface area contributed by atoms with Crippen LogP contribution in [0.15, 0.2) is 24.3 Å². The molecule has 1 amide bonds. The summed E-state index contributed by atoms with van der Waals surface area (Å²) >= 11 is 0. The van der Waals surface area contributed by atoms with Crippen LogP contribution in [-0.2, 0) is 4.79 Å². The van der Waals surface area contributed by atoms with Gasteiger partial charge in [-0.25, -0.2) is 4.79 Å². The second kappa shape index (κ2) is 6.05. The van der Waals surface area contributed by atoms with Gasteiger partial charge < -0.3 is 15.5 Å². The molecule has 0 aliphatic rings. The molecule has 1 aromatic carbocycles. The van der Waals surface area contributed by atoms with Gasteiger partial charge in [-0.05, 0) is 18.1 Å². The molecule has 0 saturated heterocycles. The highest BCUT2D eigenvalue weighted by atomic mass is 16.4. The van der Waals surface area contributed by atoms with Gasteiger partial charge in [-0.2, -0.15) is 0 Å². The molecule has 0 spiro atoms. The number of hydrogen-bond donors (Lipinski definition) is 3. The SMILES string of the molecule is CCC(C)[C@H](NC(=O)c1ccccc1O)C(=O)O. The Labute approximate surface area is 105 Å². The summed E-state index contributed by atoms with van der Waals surface area (Å²) in [6, 6.07) is 5.07. The Bertz CT molecular complexity index is 444. The maximum atomic E-state index is 11.9. The van der Waals surface area contributed by atoms with Crippen LogP contribution in [0.4, 0.5) is 0 Å². The molecule has 1 aromatic rings. The number of hydrogen-bond acceptors (Lipinski definition) is 3. The first-order valence-corrected chi connectivity index (χ1v) is 5.79. The second-order valence-electron chi connectivity index (χ2n) is 4.19. The molecule has 0 fully saturated rings. The first-order valence-electron chi connectivity index (χ1n) is 5.79. The fourth-order valence-electron chi connectivity index (χ4n) is 1.57. The third kappa shape index (κ3) is 3.23. The smallest absolute Gasteiger partial charge is 0.326 e. The van der Waals surface area contributed by atoms with Crippen molar-refractivity contribution in [2.45, 2.75) is 26.3 Å². The summed E-state index contributed by atoms with van der Waals surface area (Å²) in [5.74, 6) is -2.01. The van der Waals surface area contributed by atoms with Crippen molar-refractivity contribution < 1.29 is 19.8 Å². The number of phenolic OH excluding ortho intramolecular Hbond substituents is 1.